The topological polar surface area (TPSA) is 42.4 Å². The summed E-state index contributed by atoms with van der Waals surface area (Å²) in [7, 11) is 0. The fourth-order valence-electron chi connectivity index (χ4n) is 3.87. The normalized spacial score (nSPS) is 20.3. The predicted octanol–water partition coefficient (Wildman–Crippen LogP) is 4.18. The van der Waals surface area contributed by atoms with Gasteiger partial charge in [-0.25, -0.2) is 0 Å². The zero-order chi connectivity index (χ0) is 18.4. The van der Waals surface area contributed by atoms with Crippen LogP contribution in [-0.4, -0.2) is 41.6 Å². The quantitative estimate of drug-likeness (QED) is 0.821. The van der Waals surface area contributed by atoms with Gasteiger partial charge in [-0.05, 0) is 56.4 Å². The van der Waals surface area contributed by atoms with Gasteiger partial charge in [0.25, 0.3) is 5.91 Å². The summed E-state index contributed by atoms with van der Waals surface area (Å²) < 4.78 is 29.5. The minimum atomic E-state index is -2.80. The summed E-state index contributed by atoms with van der Waals surface area (Å²) in [6.07, 6.45) is 2.04. The summed E-state index contributed by atoms with van der Waals surface area (Å²) in [5.74, 6) is 0.312. The molecular weight excluding hydrogens is 338 g/mol. The fraction of sp³-hybridized carbons (Fsp3) is 0.500. The average Bonchev–Trinajstić information content (AvgIpc) is 3.32. The van der Waals surface area contributed by atoms with E-state index < -0.39 is 12.7 Å². The maximum absolute atomic E-state index is 13.2. The lowest BCUT2D eigenvalue weighted by Gasteiger charge is -2.19. The number of likely N-dealkylation sites (tertiary alicyclic amines) is 1. The third kappa shape index (κ3) is 3.30. The number of carbonyl (C=O) groups excluding carboxylic acids is 1. The molecule has 1 aromatic carbocycles. The zero-order valence-electron chi connectivity index (χ0n) is 15.0. The first-order valence-electron chi connectivity index (χ1n) is 9.07. The van der Waals surface area contributed by atoms with E-state index in [9.17, 15) is 13.6 Å². The lowest BCUT2D eigenvalue weighted by Crippen LogP contribution is -2.31. The Morgan fingerprint density at radius 3 is 2.69 bits per heavy atom. The van der Waals surface area contributed by atoms with Crippen LogP contribution in [-0.2, 0) is 4.74 Å². The number of hydrogen-bond acceptors (Lipinski definition) is 3. The molecule has 0 N–H and O–H groups in total. The number of pyridine rings is 1. The number of ether oxygens (including phenoxy) is 1. The van der Waals surface area contributed by atoms with Gasteiger partial charge in [0.2, 0.25) is 0 Å². The minimum Gasteiger partial charge on any atom is -0.336 e. The van der Waals surface area contributed by atoms with E-state index in [-0.39, 0.29) is 12.5 Å². The third-order valence-corrected chi connectivity index (χ3v) is 5.22. The summed E-state index contributed by atoms with van der Waals surface area (Å²) in [5, 5.41) is 0.864. The molecule has 1 amide bonds. The molecule has 6 heteroatoms. The number of fused-ring (bicyclic) bond motifs is 1. The van der Waals surface area contributed by atoms with Crippen LogP contribution in [0.25, 0.3) is 10.9 Å². The Bertz CT molecular complexity index is 865. The molecule has 1 saturated heterocycles. The van der Waals surface area contributed by atoms with Crippen LogP contribution in [0.2, 0.25) is 0 Å². The van der Waals surface area contributed by atoms with Gasteiger partial charge in [-0.1, -0.05) is 6.07 Å². The summed E-state index contributed by atoms with van der Waals surface area (Å²) in [5.41, 5.74) is 4.56. The van der Waals surface area contributed by atoms with E-state index in [0.717, 1.165) is 40.6 Å². The first-order valence-corrected chi connectivity index (χ1v) is 9.07. The molecule has 0 unspecified atom stereocenters. The minimum absolute atomic E-state index is 0.119. The summed E-state index contributed by atoms with van der Waals surface area (Å²) in [6, 6.07) is 5.97. The largest absolute Gasteiger partial charge is 0.345 e. The Balaban J connectivity index is 1.72. The Hall–Kier alpha value is -2.08. The first kappa shape index (κ1) is 17.3. The van der Waals surface area contributed by atoms with Crippen molar-refractivity contribution >= 4 is 16.8 Å². The third-order valence-electron chi connectivity index (χ3n) is 5.22. The highest BCUT2D eigenvalue weighted by molar-refractivity contribution is 6.07. The highest BCUT2D eigenvalue weighted by Gasteiger charge is 2.32. The monoisotopic (exact) mass is 360 g/mol. The van der Waals surface area contributed by atoms with Crippen LogP contribution < -0.4 is 0 Å². The van der Waals surface area contributed by atoms with Gasteiger partial charge in [0.05, 0.1) is 17.2 Å². The molecule has 1 aromatic heterocycles. The van der Waals surface area contributed by atoms with Crippen molar-refractivity contribution in [2.45, 2.75) is 51.7 Å². The van der Waals surface area contributed by atoms with Gasteiger partial charge in [0.15, 0.2) is 0 Å². The molecule has 138 valence electrons. The zero-order valence-corrected chi connectivity index (χ0v) is 15.0. The smallest absolute Gasteiger partial charge is 0.336 e. The Kier molecular flexibility index (Phi) is 4.39. The molecule has 2 aliphatic rings. The molecule has 2 fully saturated rings. The molecule has 4 rings (SSSR count). The Morgan fingerprint density at radius 1 is 1.23 bits per heavy atom. The van der Waals surface area contributed by atoms with Gasteiger partial charge < -0.3 is 9.64 Å². The molecular formula is C20H22F2N2O2. The highest BCUT2D eigenvalue weighted by atomic mass is 19.3. The lowest BCUT2D eigenvalue weighted by molar-refractivity contribution is -0.158. The fourth-order valence-corrected chi connectivity index (χ4v) is 3.87. The van der Waals surface area contributed by atoms with Gasteiger partial charge in [-0.3, -0.25) is 9.78 Å². The number of aromatic nitrogens is 1. The van der Waals surface area contributed by atoms with Crippen molar-refractivity contribution in [1.82, 2.24) is 9.88 Å². The standard InChI is InChI=1S/C20H22F2N2O2/c1-11-7-12(2)18-15(9-16(13-3-4-13)23-17(18)8-11)19(25)24-6-5-14(10-24)26-20(21)22/h7-9,13-14,20H,3-6,10H2,1-2H3/t14-/m0/s1. The number of nitrogens with zero attached hydrogens (tertiary/aromatic N) is 2. The Labute approximate surface area is 151 Å². The van der Waals surface area contributed by atoms with Crippen LogP contribution in [0.15, 0.2) is 18.2 Å². The van der Waals surface area contributed by atoms with Crippen molar-refractivity contribution in [3.63, 3.8) is 0 Å². The number of rotatable bonds is 4. The van der Waals surface area contributed by atoms with E-state index in [2.05, 4.69) is 4.74 Å². The maximum atomic E-state index is 13.2. The van der Waals surface area contributed by atoms with E-state index in [4.69, 9.17) is 4.98 Å². The van der Waals surface area contributed by atoms with Gasteiger partial charge in [-0.15, -0.1) is 0 Å². The molecule has 2 aromatic rings. The molecule has 0 bridgehead atoms. The predicted molar refractivity (Wildman–Crippen MR) is 94.6 cm³/mol. The number of alkyl halides is 2. The summed E-state index contributed by atoms with van der Waals surface area (Å²) >= 11 is 0. The van der Waals surface area contributed by atoms with E-state index >= 15 is 0 Å². The first-order chi connectivity index (χ1) is 12.4. The number of hydrogen-bond donors (Lipinski definition) is 0. The van der Waals surface area contributed by atoms with Crippen molar-refractivity contribution in [3.8, 4) is 0 Å². The van der Waals surface area contributed by atoms with Crippen molar-refractivity contribution < 1.29 is 18.3 Å². The second kappa shape index (κ2) is 6.58. The number of aryl methyl sites for hydroxylation is 2. The molecule has 1 aliphatic carbocycles. The molecule has 2 heterocycles. The lowest BCUT2D eigenvalue weighted by atomic mass is 9.99. The molecule has 26 heavy (non-hydrogen) atoms. The molecule has 1 atom stereocenters. The molecule has 0 radical (unpaired) electrons. The molecule has 1 saturated carbocycles. The Morgan fingerprint density at radius 2 is 2.00 bits per heavy atom. The van der Waals surface area contributed by atoms with E-state index in [1.54, 1.807) is 4.90 Å². The number of carbonyl (C=O) groups is 1. The van der Waals surface area contributed by atoms with Crippen LogP contribution in [0.3, 0.4) is 0 Å². The number of amides is 1. The number of halogens is 2. The van der Waals surface area contributed by atoms with Crippen LogP contribution in [0.4, 0.5) is 8.78 Å². The average molecular weight is 360 g/mol. The van der Waals surface area contributed by atoms with Crippen LogP contribution in [0, 0.1) is 13.8 Å². The van der Waals surface area contributed by atoms with Gasteiger partial charge in [0.1, 0.15) is 0 Å². The van der Waals surface area contributed by atoms with E-state index in [1.807, 2.05) is 32.0 Å². The van der Waals surface area contributed by atoms with Crippen LogP contribution in [0.5, 0.6) is 0 Å². The molecule has 1 aliphatic heterocycles. The van der Waals surface area contributed by atoms with Crippen molar-refractivity contribution in [3.05, 3.63) is 40.6 Å². The second-order valence-electron chi connectivity index (χ2n) is 7.40. The van der Waals surface area contributed by atoms with Gasteiger partial charge in [0, 0.05) is 30.1 Å². The van der Waals surface area contributed by atoms with Crippen molar-refractivity contribution in [2.24, 2.45) is 0 Å². The second-order valence-corrected chi connectivity index (χ2v) is 7.40. The highest BCUT2D eigenvalue weighted by Crippen LogP contribution is 2.41. The van der Waals surface area contributed by atoms with E-state index in [0.29, 0.717) is 24.4 Å². The summed E-state index contributed by atoms with van der Waals surface area (Å²) in [4.78, 5) is 19.6. The SMILES string of the molecule is Cc1cc(C)c2c(C(=O)N3CC[C@H](OC(F)F)C3)cc(C3CC3)nc2c1. The van der Waals surface area contributed by atoms with Crippen molar-refractivity contribution in [1.29, 1.82) is 0 Å². The molecule has 0 spiro atoms. The number of benzene rings is 1. The maximum Gasteiger partial charge on any atom is 0.345 e. The summed E-state index contributed by atoms with van der Waals surface area (Å²) in [6.45, 7) is 1.84. The van der Waals surface area contributed by atoms with Crippen LogP contribution >= 0.6 is 0 Å². The van der Waals surface area contributed by atoms with Gasteiger partial charge in [-0.2, -0.15) is 8.78 Å². The van der Waals surface area contributed by atoms with Crippen LogP contribution in [0.1, 0.15) is 52.4 Å². The van der Waals surface area contributed by atoms with Gasteiger partial charge >= 0.3 is 6.61 Å². The van der Waals surface area contributed by atoms with Crippen molar-refractivity contribution in [2.75, 3.05) is 13.1 Å². The molecule has 4 nitrogen and oxygen atoms in total. The van der Waals surface area contributed by atoms with E-state index in [1.165, 1.54) is 0 Å².